The zero-order valence-electron chi connectivity index (χ0n) is 15.2. The van der Waals surface area contributed by atoms with Gasteiger partial charge in [-0.2, -0.15) is 0 Å². The van der Waals surface area contributed by atoms with Crippen molar-refractivity contribution < 1.29 is 4.79 Å². The molecule has 0 saturated heterocycles. The summed E-state index contributed by atoms with van der Waals surface area (Å²) in [6.07, 6.45) is 0.903. The molecule has 3 nitrogen and oxygen atoms in total. The molecular formula is C24H20N2O. The van der Waals surface area contributed by atoms with E-state index in [1.54, 1.807) is 0 Å². The molecule has 0 fully saturated rings. The van der Waals surface area contributed by atoms with E-state index in [9.17, 15) is 4.79 Å². The quantitative estimate of drug-likeness (QED) is 0.692. The summed E-state index contributed by atoms with van der Waals surface area (Å²) < 4.78 is 0. The van der Waals surface area contributed by atoms with E-state index in [0.717, 1.165) is 46.6 Å². The number of carbonyl (C=O) groups excluding carboxylic acids is 1. The van der Waals surface area contributed by atoms with Crippen molar-refractivity contribution in [3.63, 3.8) is 0 Å². The van der Waals surface area contributed by atoms with Crippen LogP contribution in [0.4, 0.5) is 10.5 Å². The highest BCUT2D eigenvalue weighted by Gasteiger charge is 2.33. The molecule has 0 atom stereocenters. The predicted molar refractivity (Wildman–Crippen MR) is 110 cm³/mol. The average molecular weight is 352 g/mol. The second-order valence-electron chi connectivity index (χ2n) is 7.13. The van der Waals surface area contributed by atoms with Crippen LogP contribution >= 0.6 is 0 Å². The van der Waals surface area contributed by atoms with Crippen LogP contribution in [0.25, 0.3) is 11.3 Å². The number of aryl methyl sites for hydroxylation is 1. The van der Waals surface area contributed by atoms with Crippen LogP contribution in [-0.4, -0.2) is 12.6 Å². The fourth-order valence-corrected chi connectivity index (χ4v) is 4.20. The minimum Gasteiger partial charge on any atom is -0.306 e. The maximum absolute atomic E-state index is 13.1. The van der Waals surface area contributed by atoms with Gasteiger partial charge in [0.15, 0.2) is 0 Å². The van der Waals surface area contributed by atoms with Crippen LogP contribution in [0.15, 0.2) is 72.8 Å². The maximum atomic E-state index is 13.1. The van der Waals surface area contributed by atoms with Gasteiger partial charge in [0.2, 0.25) is 0 Å². The summed E-state index contributed by atoms with van der Waals surface area (Å²) in [6, 6.07) is 24.8. The lowest BCUT2D eigenvalue weighted by molar-refractivity contribution is 0.250. The molecule has 0 aromatic heterocycles. The fraction of sp³-hybridized carbons (Fsp3) is 0.125. The van der Waals surface area contributed by atoms with Gasteiger partial charge in [0.1, 0.15) is 0 Å². The van der Waals surface area contributed by atoms with E-state index < -0.39 is 0 Å². The molecule has 2 aliphatic heterocycles. The molecule has 0 saturated carbocycles. The number of nitrogens with zero attached hydrogens (tertiary/aromatic N) is 1. The smallest absolute Gasteiger partial charge is 0.306 e. The van der Waals surface area contributed by atoms with E-state index in [1.807, 2.05) is 41.3 Å². The van der Waals surface area contributed by atoms with Crippen LogP contribution in [-0.2, 0) is 6.42 Å². The van der Waals surface area contributed by atoms with Crippen LogP contribution < -0.4 is 10.2 Å². The monoisotopic (exact) mass is 352 g/mol. The molecule has 2 amide bonds. The lowest BCUT2D eigenvalue weighted by Crippen LogP contribution is -2.37. The Kier molecular flexibility index (Phi) is 3.61. The SMILES string of the molecule is Cc1cc2c3c(c1)C(c1ccccc1)=C(c1ccccc1)NC(=O)N3CC2. The Hall–Kier alpha value is -3.33. The summed E-state index contributed by atoms with van der Waals surface area (Å²) in [6.45, 7) is 2.85. The van der Waals surface area contributed by atoms with E-state index in [4.69, 9.17) is 0 Å². The van der Waals surface area contributed by atoms with Gasteiger partial charge in [0.05, 0.1) is 11.4 Å². The normalized spacial score (nSPS) is 15.4. The standard InChI is InChI=1S/C24H20N2O/c1-16-14-19-12-13-26-23(19)20(15-16)21(17-8-4-2-5-9-17)22(25-24(26)27)18-10-6-3-7-11-18/h2-11,14-15H,12-13H2,1H3,(H,25,27). The van der Waals surface area contributed by atoms with Crippen LogP contribution in [0.3, 0.4) is 0 Å². The summed E-state index contributed by atoms with van der Waals surface area (Å²) in [4.78, 5) is 15.0. The van der Waals surface area contributed by atoms with Crippen LogP contribution in [0.1, 0.15) is 27.8 Å². The third-order valence-corrected chi connectivity index (χ3v) is 5.33. The van der Waals surface area contributed by atoms with Gasteiger partial charge in [-0.1, -0.05) is 72.3 Å². The number of anilines is 1. The molecular weight excluding hydrogens is 332 g/mol. The number of amides is 2. The molecule has 5 rings (SSSR count). The first-order valence-corrected chi connectivity index (χ1v) is 9.30. The van der Waals surface area contributed by atoms with Gasteiger partial charge >= 0.3 is 6.03 Å². The minimum atomic E-state index is -0.0522. The van der Waals surface area contributed by atoms with E-state index in [1.165, 1.54) is 11.1 Å². The number of benzene rings is 3. The summed E-state index contributed by atoms with van der Waals surface area (Å²) in [5, 5.41) is 3.21. The van der Waals surface area contributed by atoms with Gasteiger partial charge in [0.25, 0.3) is 0 Å². The predicted octanol–water partition coefficient (Wildman–Crippen LogP) is 5.00. The molecule has 132 valence electrons. The number of hydrogen-bond acceptors (Lipinski definition) is 1. The minimum absolute atomic E-state index is 0.0522. The summed E-state index contributed by atoms with van der Waals surface area (Å²) in [7, 11) is 0. The van der Waals surface area contributed by atoms with Crippen molar-refractivity contribution in [1.82, 2.24) is 5.32 Å². The van der Waals surface area contributed by atoms with Gasteiger partial charge in [-0.3, -0.25) is 4.90 Å². The van der Waals surface area contributed by atoms with Crippen LogP contribution in [0.2, 0.25) is 0 Å². The molecule has 3 aromatic carbocycles. The van der Waals surface area contributed by atoms with E-state index in [2.05, 4.69) is 48.6 Å². The Balaban J connectivity index is 1.89. The van der Waals surface area contributed by atoms with Crippen molar-refractivity contribution in [3.8, 4) is 0 Å². The zero-order chi connectivity index (χ0) is 18.4. The van der Waals surface area contributed by atoms with Gasteiger partial charge in [-0.15, -0.1) is 0 Å². The number of hydrogen-bond donors (Lipinski definition) is 1. The summed E-state index contributed by atoms with van der Waals surface area (Å²) in [5.74, 6) is 0. The molecule has 2 aliphatic rings. The van der Waals surface area contributed by atoms with Crippen molar-refractivity contribution in [1.29, 1.82) is 0 Å². The van der Waals surface area contributed by atoms with Crippen LogP contribution in [0.5, 0.6) is 0 Å². The van der Waals surface area contributed by atoms with E-state index >= 15 is 0 Å². The molecule has 0 spiro atoms. The van der Waals surface area contributed by atoms with Gasteiger partial charge in [-0.25, -0.2) is 4.79 Å². The van der Waals surface area contributed by atoms with Crippen molar-refractivity contribution in [2.45, 2.75) is 13.3 Å². The number of urea groups is 1. The molecule has 2 heterocycles. The lowest BCUT2D eigenvalue weighted by Gasteiger charge is -2.18. The molecule has 27 heavy (non-hydrogen) atoms. The van der Waals surface area contributed by atoms with Crippen molar-refractivity contribution >= 4 is 23.0 Å². The molecule has 0 aliphatic carbocycles. The third kappa shape index (κ3) is 2.55. The average Bonchev–Trinajstić information content (AvgIpc) is 3.07. The van der Waals surface area contributed by atoms with Crippen molar-refractivity contribution in [2.75, 3.05) is 11.4 Å². The fourth-order valence-electron chi connectivity index (χ4n) is 4.20. The Morgan fingerprint density at radius 2 is 1.56 bits per heavy atom. The highest BCUT2D eigenvalue weighted by molar-refractivity contribution is 6.13. The Morgan fingerprint density at radius 1 is 0.889 bits per heavy atom. The highest BCUT2D eigenvalue weighted by atomic mass is 16.2. The summed E-state index contributed by atoms with van der Waals surface area (Å²) in [5.41, 5.74) is 8.74. The second kappa shape index (κ2) is 6.13. The molecule has 0 radical (unpaired) electrons. The van der Waals surface area contributed by atoms with Crippen LogP contribution in [0, 0.1) is 6.92 Å². The topological polar surface area (TPSA) is 32.3 Å². The Labute approximate surface area is 159 Å². The van der Waals surface area contributed by atoms with E-state index in [-0.39, 0.29) is 6.03 Å². The van der Waals surface area contributed by atoms with Gasteiger partial charge in [0, 0.05) is 17.7 Å². The lowest BCUT2D eigenvalue weighted by atomic mass is 9.90. The van der Waals surface area contributed by atoms with Crippen molar-refractivity contribution in [3.05, 3.63) is 101 Å². The zero-order valence-corrected chi connectivity index (χ0v) is 15.2. The highest BCUT2D eigenvalue weighted by Crippen LogP contribution is 2.43. The number of rotatable bonds is 2. The van der Waals surface area contributed by atoms with Gasteiger partial charge < -0.3 is 5.32 Å². The Morgan fingerprint density at radius 3 is 2.26 bits per heavy atom. The first-order chi connectivity index (χ1) is 13.2. The van der Waals surface area contributed by atoms with Crippen molar-refractivity contribution in [2.24, 2.45) is 0 Å². The molecule has 3 aromatic rings. The maximum Gasteiger partial charge on any atom is 0.326 e. The molecule has 3 heteroatoms. The Bertz CT molecular complexity index is 1070. The second-order valence-corrected chi connectivity index (χ2v) is 7.13. The molecule has 0 unspecified atom stereocenters. The number of nitrogens with one attached hydrogen (secondary N) is 1. The van der Waals surface area contributed by atoms with Gasteiger partial charge in [-0.05, 0) is 36.1 Å². The molecule has 0 bridgehead atoms. The first kappa shape index (κ1) is 15.9. The number of carbonyl (C=O) groups is 1. The summed E-state index contributed by atoms with van der Waals surface area (Å²) >= 11 is 0. The third-order valence-electron chi connectivity index (χ3n) is 5.33. The first-order valence-electron chi connectivity index (χ1n) is 9.30. The molecule has 1 N–H and O–H groups in total. The largest absolute Gasteiger partial charge is 0.326 e. The van der Waals surface area contributed by atoms with E-state index in [0.29, 0.717) is 0 Å².